The van der Waals surface area contributed by atoms with Crippen LogP contribution in [0.2, 0.25) is 0 Å². The Balaban J connectivity index is 0.00000364. The van der Waals surface area contributed by atoms with Crippen LogP contribution in [-0.4, -0.2) is 43.8 Å². The van der Waals surface area contributed by atoms with Gasteiger partial charge in [-0.1, -0.05) is 0 Å². The van der Waals surface area contributed by atoms with E-state index in [9.17, 15) is 0 Å². The van der Waals surface area contributed by atoms with Crippen LogP contribution in [-0.2, 0) is 6.42 Å². The van der Waals surface area contributed by atoms with Gasteiger partial charge < -0.3 is 20.1 Å². The predicted octanol–water partition coefficient (Wildman–Crippen LogP) is 3.64. The second-order valence-electron chi connectivity index (χ2n) is 5.87. The van der Waals surface area contributed by atoms with Crippen molar-refractivity contribution in [2.75, 3.05) is 26.7 Å². The third kappa shape index (κ3) is 8.79. The molecule has 27 heavy (non-hydrogen) atoms. The first kappa shape index (κ1) is 23.5. The Morgan fingerprint density at radius 1 is 1.22 bits per heavy atom. The molecule has 0 aliphatic carbocycles. The minimum absolute atomic E-state index is 0. The lowest BCUT2D eigenvalue weighted by molar-refractivity contribution is 0.230. The first-order chi connectivity index (χ1) is 12.6. The number of nitrogens with zero attached hydrogens (tertiary/aromatic N) is 2. The first-order valence-corrected chi connectivity index (χ1v) is 9.66. The van der Waals surface area contributed by atoms with Gasteiger partial charge in [-0.3, -0.25) is 0 Å². The number of methoxy groups -OCH3 is 1. The first-order valence-electron chi connectivity index (χ1n) is 8.85. The van der Waals surface area contributed by atoms with E-state index in [0.717, 1.165) is 42.0 Å². The summed E-state index contributed by atoms with van der Waals surface area (Å²) in [6.45, 7) is 8.32. The number of benzene rings is 1. The van der Waals surface area contributed by atoms with Gasteiger partial charge in [0.05, 0.1) is 18.7 Å². The normalized spacial score (nSPS) is 12.1. The molecule has 0 radical (unpaired) electrons. The molecule has 1 aromatic heterocycles. The van der Waals surface area contributed by atoms with Crippen molar-refractivity contribution in [2.24, 2.45) is 4.99 Å². The summed E-state index contributed by atoms with van der Waals surface area (Å²) in [6.07, 6.45) is 2.78. The Morgan fingerprint density at radius 3 is 2.52 bits per heavy atom. The van der Waals surface area contributed by atoms with Crippen molar-refractivity contribution in [1.29, 1.82) is 0 Å². The molecule has 2 rings (SSSR count). The number of ether oxygens (including phenoxy) is 2. The second-order valence-corrected chi connectivity index (χ2v) is 7.18. The number of aliphatic imine (C=N–C) groups is 1. The van der Waals surface area contributed by atoms with Crippen molar-refractivity contribution >= 4 is 41.3 Å². The van der Waals surface area contributed by atoms with E-state index in [-0.39, 0.29) is 30.1 Å². The van der Waals surface area contributed by atoms with Crippen LogP contribution < -0.4 is 20.1 Å². The predicted molar refractivity (Wildman–Crippen MR) is 123 cm³/mol. The number of rotatable bonds is 9. The van der Waals surface area contributed by atoms with Crippen molar-refractivity contribution in [2.45, 2.75) is 33.3 Å². The van der Waals surface area contributed by atoms with Gasteiger partial charge in [0.25, 0.3) is 0 Å². The minimum atomic E-state index is -0.0273. The van der Waals surface area contributed by atoms with Crippen molar-refractivity contribution < 1.29 is 9.47 Å². The van der Waals surface area contributed by atoms with E-state index in [0.29, 0.717) is 6.54 Å². The lowest BCUT2D eigenvalue weighted by Gasteiger charge is -2.15. The Morgan fingerprint density at radius 2 is 1.93 bits per heavy atom. The summed E-state index contributed by atoms with van der Waals surface area (Å²) in [5.74, 6) is 2.42. The van der Waals surface area contributed by atoms with Gasteiger partial charge in [-0.2, -0.15) is 0 Å². The fourth-order valence-corrected chi connectivity index (χ4v) is 3.08. The zero-order valence-electron chi connectivity index (χ0n) is 16.3. The summed E-state index contributed by atoms with van der Waals surface area (Å²) < 4.78 is 11.0. The summed E-state index contributed by atoms with van der Waals surface area (Å²) in [6, 6.07) is 7.57. The van der Waals surface area contributed by atoms with Gasteiger partial charge in [-0.05, 0) is 45.0 Å². The number of hydrogen-bond acceptors (Lipinski definition) is 5. The van der Waals surface area contributed by atoms with E-state index in [2.05, 4.69) is 34.5 Å². The number of halogens is 1. The molecule has 0 aliphatic heterocycles. The molecule has 1 aromatic carbocycles. The van der Waals surface area contributed by atoms with E-state index in [1.807, 2.05) is 37.4 Å². The van der Waals surface area contributed by atoms with E-state index < -0.39 is 0 Å². The van der Waals surface area contributed by atoms with Crippen LogP contribution in [0.3, 0.4) is 0 Å². The molecular formula is C19H29IN4O2S. The van der Waals surface area contributed by atoms with Crippen molar-refractivity contribution in [3.63, 3.8) is 0 Å². The van der Waals surface area contributed by atoms with Crippen LogP contribution in [0.1, 0.15) is 23.7 Å². The van der Waals surface area contributed by atoms with Gasteiger partial charge in [0.15, 0.2) is 5.96 Å². The highest BCUT2D eigenvalue weighted by Gasteiger charge is 2.06. The quantitative estimate of drug-likeness (QED) is 0.310. The molecule has 0 fully saturated rings. The van der Waals surface area contributed by atoms with Crippen LogP contribution in [0.25, 0.3) is 0 Å². The molecule has 2 N–H and O–H groups in total. The Kier molecular flexibility index (Phi) is 11.1. The van der Waals surface area contributed by atoms with E-state index in [1.54, 1.807) is 18.4 Å². The highest BCUT2D eigenvalue weighted by Crippen LogP contribution is 2.18. The number of nitrogens with one attached hydrogen (secondary N) is 2. The van der Waals surface area contributed by atoms with E-state index in [1.165, 1.54) is 4.88 Å². The maximum absolute atomic E-state index is 5.89. The van der Waals surface area contributed by atoms with Crippen LogP contribution >= 0.6 is 35.3 Å². The summed E-state index contributed by atoms with van der Waals surface area (Å²) in [7, 11) is 1.65. The number of aromatic nitrogens is 1. The lowest BCUT2D eigenvalue weighted by atomic mass is 10.3. The molecule has 0 aliphatic rings. The average Bonchev–Trinajstić information content (AvgIpc) is 3.05. The van der Waals surface area contributed by atoms with Gasteiger partial charge in [0, 0.05) is 30.6 Å². The SMILES string of the molecule is CCNC(=NCC(C)Oc1ccc(OC)cc1)NCCc1ncc(C)s1.I. The van der Waals surface area contributed by atoms with Crippen LogP contribution in [0.15, 0.2) is 35.5 Å². The molecule has 0 saturated carbocycles. The zero-order valence-corrected chi connectivity index (χ0v) is 19.5. The van der Waals surface area contributed by atoms with Crippen LogP contribution in [0, 0.1) is 6.92 Å². The van der Waals surface area contributed by atoms with Gasteiger partial charge in [-0.25, -0.2) is 9.98 Å². The van der Waals surface area contributed by atoms with Gasteiger partial charge in [-0.15, -0.1) is 35.3 Å². The van der Waals surface area contributed by atoms with Crippen molar-refractivity contribution in [3.8, 4) is 11.5 Å². The molecule has 0 amide bonds. The Labute approximate surface area is 182 Å². The van der Waals surface area contributed by atoms with E-state index in [4.69, 9.17) is 9.47 Å². The van der Waals surface area contributed by atoms with Crippen molar-refractivity contribution in [3.05, 3.63) is 40.3 Å². The number of thiazole rings is 1. The number of aryl methyl sites for hydroxylation is 1. The summed E-state index contributed by atoms with van der Waals surface area (Å²) in [5.41, 5.74) is 0. The molecule has 150 valence electrons. The largest absolute Gasteiger partial charge is 0.497 e. The Hall–Kier alpha value is -1.55. The standard InChI is InChI=1S/C19H28N4O2S.HI/c1-5-20-19(21-11-10-18-22-13-15(3)26-18)23-12-14(2)25-17-8-6-16(24-4)7-9-17;/h6-9,13-14H,5,10-12H2,1-4H3,(H2,20,21,23);1H. The third-order valence-corrected chi connectivity index (χ3v) is 4.52. The molecule has 2 aromatic rings. The maximum atomic E-state index is 5.89. The number of guanidine groups is 1. The molecular weight excluding hydrogens is 475 g/mol. The summed E-state index contributed by atoms with van der Waals surface area (Å²) >= 11 is 1.73. The highest BCUT2D eigenvalue weighted by atomic mass is 127. The fraction of sp³-hybridized carbons (Fsp3) is 0.474. The monoisotopic (exact) mass is 504 g/mol. The second kappa shape index (κ2) is 12.8. The maximum Gasteiger partial charge on any atom is 0.191 e. The lowest BCUT2D eigenvalue weighted by Crippen LogP contribution is -2.39. The van der Waals surface area contributed by atoms with Crippen LogP contribution in [0.5, 0.6) is 11.5 Å². The number of hydrogen-bond donors (Lipinski definition) is 2. The minimum Gasteiger partial charge on any atom is -0.497 e. The molecule has 0 bridgehead atoms. The molecule has 1 heterocycles. The topological polar surface area (TPSA) is 67.8 Å². The summed E-state index contributed by atoms with van der Waals surface area (Å²) in [4.78, 5) is 10.2. The van der Waals surface area contributed by atoms with Crippen molar-refractivity contribution in [1.82, 2.24) is 15.6 Å². The van der Waals surface area contributed by atoms with Crippen LogP contribution in [0.4, 0.5) is 0 Å². The molecule has 0 spiro atoms. The summed E-state index contributed by atoms with van der Waals surface area (Å²) in [5, 5.41) is 7.75. The molecule has 0 saturated heterocycles. The Bertz CT molecular complexity index is 691. The third-order valence-electron chi connectivity index (χ3n) is 3.55. The zero-order chi connectivity index (χ0) is 18.8. The average molecular weight is 504 g/mol. The molecule has 1 unspecified atom stereocenters. The van der Waals surface area contributed by atoms with Gasteiger partial charge >= 0.3 is 0 Å². The fourth-order valence-electron chi connectivity index (χ4n) is 2.29. The van der Waals surface area contributed by atoms with Gasteiger partial charge in [0.1, 0.15) is 17.6 Å². The van der Waals surface area contributed by atoms with E-state index >= 15 is 0 Å². The van der Waals surface area contributed by atoms with Gasteiger partial charge in [0.2, 0.25) is 0 Å². The highest BCUT2D eigenvalue weighted by molar-refractivity contribution is 14.0. The molecule has 8 heteroatoms. The molecule has 1 atom stereocenters. The molecule has 6 nitrogen and oxygen atoms in total. The smallest absolute Gasteiger partial charge is 0.191 e.